The third-order valence-corrected chi connectivity index (χ3v) is 6.09. The lowest BCUT2D eigenvalue weighted by atomic mass is 9.88. The van der Waals surface area contributed by atoms with Crippen molar-refractivity contribution in [3.63, 3.8) is 0 Å². The Balaban J connectivity index is 1.88. The SMILES string of the molecule is CC(=O)OCC1=C[C@H](OC(C)=O)[C@@H]2C=CO[C@H](O[C@@H]3O[C@H](COC(C)=O)[C@@H](OC(C)=O)[C@H](OC(C)=O)[C@H]3O)[C@H]12. The molecule has 3 aliphatic rings. The van der Waals surface area contributed by atoms with Crippen LogP contribution in [0.4, 0.5) is 0 Å². The summed E-state index contributed by atoms with van der Waals surface area (Å²) in [7, 11) is 0. The normalized spacial score (nSPS) is 33.1. The Hall–Kier alpha value is -3.49. The van der Waals surface area contributed by atoms with Gasteiger partial charge in [-0.05, 0) is 17.7 Å². The van der Waals surface area contributed by atoms with E-state index in [1.54, 1.807) is 12.2 Å². The summed E-state index contributed by atoms with van der Waals surface area (Å²) in [5.41, 5.74) is 0.534. The Bertz CT molecular complexity index is 1020. The van der Waals surface area contributed by atoms with Crippen molar-refractivity contribution in [2.45, 2.75) is 77.7 Å². The van der Waals surface area contributed by atoms with Crippen molar-refractivity contribution in [1.29, 1.82) is 0 Å². The van der Waals surface area contributed by atoms with Crippen LogP contribution in [0, 0.1) is 11.8 Å². The van der Waals surface area contributed by atoms with E-state index in [2.05, 4.69) is 0 Å². The Morgan fingerprint density at radius 1 is 0.821 bits per heavy atom. The van der Waals surface area contributed by atoms with Gasteiger partial charge in [-0.1, -0.05) is 0 Å². The lowest BCUT2D eigenvalue weighted by Gasteiger charge is -2.44. The number of carbonyl (C=O) groups excluding carboxylic acids is 5. The van der Waals surface area contributed by atoms with Gasteiger partial charge in [0.15, 0.2) is 18.5 Å². The van der Waals surface area contributed by atoms with Crippen molar-refractivity contribution in [2.75, 3.05) is 13.2 Å². The lowest BCUT2D eigenvalue weighted by molar-refractivity contribution is -0.341. The van der Waals surface area contributed by atoms with Gasteiger partial charge in [-0.25, -0.2) is 0 Å². The van der Waals surface area contributed by atoms with E-state index >= 15 is 0 Å². The van der Waals surface area contributed by atoms with Gasteiger partial charge in [-0.2, -0.15) is 0 Å². The quantitative estimate of drug-likeness (QED) is 0.229. The van der Waals surface area contributed by atoms with Gasteiger partial charge in [0.2, 0.25) is 6.29 Å². The molecule has 216 valence electrons. The summed E-state index contributed by atoms with van der Waals surface area (Å²) < 4.78 is 43.6. The third-order valence-electron chi connectivity index (χ3n) is 6.09. The van der Waals surface area contributed by atoms with E-state index in [1.807, 2.05) is 0 Å². The molecule has 1 fully saturated rings. The van der Waals surface area contributed by atoms with E-state index in [0.717, 1.165) is 20.8 Å². The average molecular weight is 557 g/mol. The Morgan fingerprint density at radius 3 is 2.03 bits per heavy atom. The molecule has 39 heavy (non-hydrogen) atoms. The Morgan fingerprint density at radius 2 is 1.44 bits per heavy atom. The summed E-state index contributed by atoms with van der Waals surface area (Å²) >= 11 is 0. The summed E-state index contributed by atoms with van der Waals surface area (Å²) in [6.45, 7) is 5.32. The van der Waals surface area contributed by atoms with Crippen LogP contribution in [0.15, 0.2) is 24.0 Å². The number of aliphatic hydroxyl groups is 1. The van der Waals surface area contributed by atoms with Crippen LogP contribution in [0.25, 0.3) is 0 Å². The predicted molar refractivity (Wildman–Crippen MR) is 125 cm³/mol. The minimum Gasteiger partial charge on any atom is -0.472 e. The van der Waals surface area contributed by atoms with Gasteiger partial charge < -0.3 is 43.0 Å². The third kappa shape index (κ3) is 7.77. The second-order valence-corrected chi connectivity index (χ2v) is 9.15. The molecule has 3 rings (SSSR count). The number of carbonyl (C=O) groups is 5. The van der Waals surface area contributed by atoms with Crippen LogP contribution in [0.3, 0.4) is 0 Å². The summed E-state index contributed by atoms with van der Waals surface area (Å²) in [6, 6.07) is 0. The molecule has 0 aromatic carbocycles. The average Bonchev–Trinajstić information content (AvgIpc) is 3.18. The molecule has 2 heterocycles. The molecule has 14 nitrogen and oxygen atoms in total. The van der Waals surface area contributed by atoms with Gasteiger partial charge in [0.1, 0.15) is 31.5 Å². The van der Waals surface area contributed by atoms with Crippen LogP contribution in [0.5, 0.6) is 0 Å². The van der Waals surface area contributed by atoms with E-state index in [4.69, 9.17) is 37.9 Å². The first kappa shape index (κ1) is 30.1. The molecule has 1 aliphatic carbocycles. The van der Waals surface area contributed by atoms with Gasteiger partial charge in [0, 0.05) is 40.5 Å². The molecule has 0 spiro atoms. The molecule has 9 atom stereocenters. The van der Waals surface area contributed by atoms with Crippen LogP contribution in [-0.2, 0) is 61.9 Å². The van der Waals surface area contributed by atoms with Crippen molar-refractivity contribution in [3.8, 4) is 0 Å². The molecular formula is C25H32O14. The van der Waals surface area contributed by atoms with Crippen LogP contribution in [0.1, 0.15) is 34.6 Å². The van der Waals surface area contributed by atoms with E-state index in [9.17, 15) is 29.1 Å². The second kappa shape index (κ2) is 13.0. The highest BCUT2D eigenvalue weighted by atomic mass is 16.8. The molecule has 0 unspecified atom stereocenters. The zero-order chi connectivity index (χ0) is 28.9. The fourth-order valence-electron chi connectivity index (χ4n) is 4.65. The molecule has 0 amide bonds. The molecule has 0 radical (unpaired) electrons. The van der Waals surface area contributed by atoms with Crippen LogP contribution < -0.4 is 0 Å². The zero-order valence-corrected chi connectivity index (χ0v) is 22.1. The number of esters is 5. The fraction of sp³-hybridized carbons (Fsp3) is 0.640. The second-order valence-electron chi connectivity index (χ2n) is 9.15. The topological polar surface area (TPSA) is 179 Å². The number of ether oxygens (including phenoxy) is 8. The summed E-state index contributed by atoms with van der Waals surface area (Å²) in [4.78, 5) is 58.2. The number of hydrogen-bond donors (Lipinski definition) is 1. The predicted octanol–water partition coefficient (Wildman–Crippen LogP) is 0.0525. The molecule has 1 N–H and O–H groups in total. The maximum atomic E-state index is 11.8. The maximum absolute atomic E-state index is 11.8. The van der Waals surface area contributed by atoms with Gasteiger partial charge in [-0.3, -0.25) is 24.0 Å². The molecule has 0 aromatic heterocycles. The molecule has 0 aromatic rings. The molecule has 2 aliphatic heterocycles. The van der Waals surface area contributed by atoms with Crippen LogP contribution in [-0.4, -0.2) is 91.3 Å². The smallest absolute Gasteiger partial charge is 0.303 e. The van der Waals surface area contributed by atoms with Crippen LogP contribution in [0.2, 0.25) is 0 Å². The first-order chi connectivity index (χ1) is 18.4. The number of rotatable bonds is 9. The van der Waals surface area contributed by atoms with Crippen molar-refractivity contribution in [3.05, 3.63) is 24.0 Å². The minimum atomic E-state index is -1.67. The molecule has 14 heteroatoms. The first-order valence-electron chi connectivity index (χ1n) is 12.2. The number of hydrogen-bond acceptors (Lipinski definition) is 14. The molecule has 0 saturated carbocycles. The fourth-order valence-corrected chi connectivity index (χ4v) is 4.65. The zero-order valence-electron chi connectivity index (χ0n) is 22.1. The van der Waals surface area contributed by atoms with Gasteiger partial charge >= 0.3 is 29.8 Å². The van der Waals surface area contributed by atoms with Crippen molar-refractivity contribution in [2.24, 2.45) is 11.8 Å². The Kier molecular flexibility index (Phi) is 10.1. The first-order valence-corrected chi connectivity index (χ1v) is 12.2. The molecular weight excluding hydrogens is 524 g/mol. The van der Waals surface area contributed by atoms with Gasteiger partial charge in [0.05, 0.1) is 12.2 Å². The highest BCUT2D eigenvalue weighted by Crippen LogP contribution is 2.42. The van der Waals surface area contributed by atoms with Crippen molar-refractivity contribution < 1.29 is 67.0 Å². The summed E-state index contributed by atoms with van der Waals surface area (Å²) in [5.74, 6) is -4.36. The Labute approximate surface area is 224 Å². The summed E-state index contributed by atoms with van der Waals surface area (Å²) in [6.07, 6.45) is -4.41. The molecule has 0 bridgehead atoms. The van der Waals surface area contributed by atoms with E-state index in [0.29, 0.717) is 5.57 Å². The standard InChI is InChI=1S/C25H32O14/c1-11(26)33-9-16-8-18(35-13(3)28)17-6-7-32-24(20(16)17)39-25-21(31)23(37-15(5)30)22(36-14(4)29)19(38-25)10-34-12(2)27/h6-8,17-25,31H,9-10H2,1-5H3/t17-,18-,19+,20+,21+,22+,23+,24+,25-/m0/s1. The summed E-state index contributed by atoms with van der Waals surface area (Å²) in [5, 5.41) is 11.1. The largest absolute Gasteiger partial charge is 0.472 e. The van der Waals surface area contributed by atoms with E-state index in [-0.39, 0.29) is 6.61 Å². The van der Waals surface area contributed by atoms with Crippen molar-refractivity contribution in [1.82, 2.24) is 0 Å². The number of aliphatic hydroxyl groups excluding tert-OH is 1. The minimum absolute atomic E-state index is 0.140. The van der Waals surface area contributed by atoms with Gasteiger partial charge in [0.25, 0.3) is 0 Å². The highest BCUT2D eigenvalue weighted by molar-refractivity contribution is 5.68. The lowest BCUT2D eigenvalue weighted by Crippen LogP contribution is -2.62. The number of fused-ring (bicyclic) bond motifs is 1. The van der Waals surface area contributed by atoms with Crippen molar-refractivity contribution >= 4 is 29.8 Å². The van der Waals surface area contributed by atoms with Gasteiger partial charge in [-0.15, -0.1) is 0 Å². The maximum Gasteiger partial charge on any atom is 0.303 e. The molecule has 1 saturated heterocycles. The van der Waals surface area contributed by atoms with Crippen LogP contribution >= 0.6 is 0 Å². The monoisotopic (exact) mass is 556 g/mol. The highest BCUT2D eigenvalue weighted by Gasteiger charge is 2.53. The van der Waals surface area contributed by atoms with E-state index < -0.39 is 91.4 Å². The van der Waals surface area contributed by atoms with E-state index in [1.165, 1.54) is 20.1 Å².